The Bertz CT molecular complexity index is 618. The molecule has 0 spiro atoms. The molecule has 1 atom stereocenters. The molecule has 5 nitrogen and oxygen atoms in total. The topological polar surface area (TPSA) is 62.3 Å². The Morgan fingerprint density at radius 3 is 2.86 bits per heavy atom. The minimum absolute atomic E-state index is 0.169. The maximum Gasteiger partial charge on any atom is 0.165 e. The first-order valence-electron chi connectivity index (χ1n) is 6.37. The van der Waals surface area contributed by atoms with E-state index in [2.05, 4.69) is 21.0 Å². The number of rotatable bonds is 6. The van der Waals surface area contributed by atoms with Crippen molar-refractivity contribution in [3.63, 3.8) is 0 Å². The number of aromatic nitrogens is 2. The summed E-state index contributed by atoms with van der Waals surface area (Å²) in [4.78, 5) is 0. The Morgan fingerprint density at radius 2 is 2.19 bits per heavy atom. The van der Waals surface area contributed by atoms with Crippen molar-refractivity contribution in [2.45, 2.75) is 12.6 Å². The molecule has 0 amide bonds. The van der Waals surface area contributed by atoms with Crippen molar-refractivity contribution in [3.05, 3.63) is 45.9 Å². The molecule has 2 aromatic rings. The van der Waals surface area contributed by atoms with Crippen LogP contribution in [0.5, 0.6) is 5.75 Å². The number of hydrogen-bond donors (Lipinski definition) is 1. The van der Waals surface area contributed by atoms with Gasteiger partial charge in [-0.15, -0.1) is 0 Å². The summed E-state index contributed by atoms with van der Waals surface area (Å²) >= 11 is 3.45. The summed E-state index contributed by atoms with van der Waals surface area (Å²) in [5.41, 5.74) is 7.85. The molecule has 7 heteroatoms. The average molecular weight is 358 g/mol. The Morgan fingerprint density at radius 1 is 1.43 bits per heavy atom. The molecule has 0 saturated carbocycles. The molecule has 0 aliphatic carbocycles. The first-order valence-corrected chi connectivity index (χ1v) is 7.17. The number of ether oxygens (including phenoxy) is 2. The molecular formula is C14H17BrFN3O2. The van der Waals surface area contributed by atoms with Crippen LogP contribution in [0, 0.1) is 5.82 Å². The largest absolute Gasteiger partial charge is 0.494 e. The van der Waals surface area contributed by atoms with Gasteiger partial charge in [0.2, 0.25) is 0 Å². The van der Waals surface area contributed by atoms with E-state index in [4.69, 9.17) is 15.2 Å². The van der Waals surface area contributed by atoms with Gasteiger partial charge < -0.3 is 15.2 Å². The van der Waals surface area contributed by atoms with E-state index < -0.39 is 11.9 Å². The van der Waals surface area contributed by atoms with Gasteiger partial charge in [-0.25, -0.2) is 4.39 Å². The fourth-order valence-electron chi connectivity index (χ4n) is 2.06. The number of halogens is 2. The van der Waals surface area contributed by atoms with Crippen molar-refractivity contribution >= 4 is 15.9 Å². The molecule has 0 fully saturated rings. The van der Waals surface area contributed by atoms with E-state index in [9.17, 15) is 4.39 Å². The van der Waals surface area contributed by atoms with Crippen LogP contribution in [0.25, 0.3) is 0 Å². The number of methoxy groups -OCH3 is 2. The molecule has 0 saturated heterocycles. The monoisotopic (exact) mass is 357 g/mol. The van der Waals surface area contributed by atoms with Crippen molar-refractivity contribution in [1.29, 1.82) is 0 Å². The van der Waals surface area contributed by atoms with Crippen molar-refractivity contribution in [3.8, 4) is 5.75 Å². The van der Waals surface area contributed by atoms with Crippen LogP contribution < -0.4 is 10.5 Å². The van der Waals surface area contributed by atoms with Gasteiger partial charge in [-0.3, -0.25) is 4.68 Å². The van der Waals surface area contributed by atoms with E-state index in [0.29, 0.717) is 13.2 Å². The molecule has 1 heterocycles. The third-order valence-electron chi connectivity index (χ3n) is 3.17. The van der Waals surface area contributed by atoms with Gasteiger partial charge >= 0.3 is 0 Å². The van der Waals surface area contributed by atoms with Crippen molar-refractivity contribution in [2.75, 3.05) is 20.8 Å². The van der Waals surface area contributed by atoms with E-state index >= 15 is 0 Å². The van der Waals surface area contributed by atoms with Crippen LogP contribution in [0.15, 0.2) is 28.9 Å². The smallest absolute Gasteiger partial charge is 0.165 e. The predicted molar refractivity (Wildman–Crippen MR) is 80.8 cm³/mol. The Balaban J connectivity index is 2.35. The molecule has 2 rings (SSSR count). The first-order chi connectivity index (χ1) is 10.1. The molecule has 114 valence electrons. The van der Waals surface area contributed by atoms with Crippen LogP contribution in [0.4, 0.5) is 4.39 Å². The highest BCUT2D eigenvalue weighted by Gasteiger charge is 2.19. The van der Waals surface area contributed by atoms with Gasteiger partial charge in [0.25, 0.3) is 0 Å². The van der Waals surface area contributed by atoms with Crippen LogP contribution in [0.1, 0.15) is 17.3 Å². The van der Waals surface area contributed by atoms with Gasteiger partial charge in [0.1, 0.15) is 0 Å². The maximum atomic E-state index is 13.5. The minimum Gasteiger partial charge on any atom is -0.494 e. The third kappa shape index (κ3) is 3.42. The van der Waals surface area contributed by atoms with Crippen molar-refractivity contribution in [2.24, 2.45) is 5.73 Å². The Labute approximate surface area is 131 Å². The van der Waals surface area contributed by atoms with Crippen molar-refractivity contribution in [1.82, 2.24) is 9.78 Å². The lowest BCUT2D eigenvalue weighted by Gasteiger charge is -2.16. The van der Waals surface area contributed by atoms with Crippen LogP contribution in [0.2, 0.25) is 0 Å². The quantitative estimate of drug-likeness (QED) is 0.862. The minimum atomic E-state index is -0.451. The van der Waals surface area contributed by atoms with Gasteiger partial charge in [0.05, 0.1) is 42.7 Å². The van der Waals surface area contributed by atoms with Gasteiger partial charge in [-0.1, -0.05) is 6.07 Å². The summed E-state index contributed by atoms with van der Waals surface area (Å²) in [6, 6.07) is 4.13. The SMILES string of the molecule is COCCn1ncc(Br)c1C(N)c1ccc(F)c(OC)c1. The third-order valence-corrected chi connectivity index (χ3v) is 3.78. The lowest BCUT2D eigenvalue weighted by atomic mass is 10.0. The van der Waals surface area contributed by atoms with Crippen LogP contribution >= 0.6 is 15.9 Å². The fourth-order valence-corrected chi connectivity index (χ4v) is 2.61. The second-order valence-corrected chi connectivity index (χ2v) is 5.32. The molecule has 1 aromatic carbocycles. The van der Waals surface area contributed by atoms with E-state index in [-0.39, 0.29) is 5.75 Å². The highest BCUT2D eigenvalue weighted by molar-refractivity contribution is 9.10. The molecule has 0 bridgehead atoms. The highest BCUT2D eigenvalue weighted by Crippen LogP contribution is 2.29. The second kappa shape index (κ2) is 7.02. The molecule has 1 aromatic heterocycles. The van der Waals surface area contributed by atoms with Gasteiger partial charge in [-0.05, 0) is 33.6 Å². The molecule has 21 heavy (non-hydrogen) atoms. The molecule has 2 N–H and O–H groups in total. The fraction of sp³-hybridized carbons (Fsp3) is 0.357. The van der Waals surface area contributed by atoms with Crippen LogP contribution in [0.3, 0.4) is 0 Å². The van der Waals surface area contributed by atoms with E-state index in [1.54, 1.807) is 30.1 Å². The van der Waals surface area contributed by atoms with Gasteiger partial charge in [0, 0.05) is 7.11 Å². The Hall–Kier alpha value is -1.44. The molecular weight excluding hydrogens is 341 g/mol. The van der Waals surface area contributed by atoms with Crippen LogP contribution in [-0.2, 0) is 11.3 Å². The zero-order valence-electron chi connectivity index (χ0n) is 11.8. The standard InChI is InChI=1S/C14H17BrFN3O2/c1-20-6-5-19-14(10(15)8-18-19)13(17)9-3-4-11(16)12(7-9)21-2/h3-4,7-8,13H,5-6,17H2,1-2H3. The van der Waals surface area contributed by atoms with E-state index in [1.165, 1.54) is 13.2 Å². The summed E-state index contributed by atoms with van der Waals surface area (Å²) < 4.78 is 26.1. The normalized spacial score (nSPS) is 12.4. The van der Waals surface area contributed by atoms with Crippen molar-refractivity contribution < 1.29 is 13.9 Å². The first kappa shape index (κ1) is 15.9. The van der Waals surface area contributed by atoms with Gasteiger partial charge in [-0.2, -0.15) is 5.10 Å². The summed E-state index contributed by atoms with van der Waals surface area (Å²) in [7, 11) is 3.05. The molecule has 0 radical (unpaired) electrons. The predicted octanol–water partition coefficient (Wildman–Crippen LogP) is 2.49. The maximum absolute atomic E-state index is 13.5. The zero-order chi connectivity index (χ0) is 15.4. The number of nitrogens with two attached hydrogens (primary N) is 1. The molecule has 1 unspecified atom stereocenters. The Kier molecular flexibility index (Phi) is 5.33. The lowest BCUT2D eigenvalue weighted by molar-refractivity contribution is 0.182. The highest BCUT2D eigenvalue weighted by atomic mass is 79.9. The molecule has 0 aliphatic heterocycles. The number of hydrogen-bond acceptors (Lipinski definition) is 4. The lowest BCUT2D eigenvalue weighted by Crippen LogP contribution is -2.19. The molecule has 0 aliphatic rings. The summed E-state index contributed by atoms with van der Waals surface area (Å²) in [6.07, 6.45) is 1.69. The number of benzene rings is 1. The summed E-state index contributed by atoms with van der Waals surface area (Å²) in [5.74, 6) is -0.248. The van der Waals surface area contributed by atoms with Crippen LogP contribution in [-0.4, -0.2) is 30.6 Å². The number of nitrogens with zero attached hydrogens (tertiary/aromatic N) is 2. The average Bonchev–Trinajstić information content (AvgIpc) is 2.85. The van der Waals surface area contributed by atoms with Gasteiger partial charge in [0.15, 0.2) is 11.6 Å². The summed E-state index contributed by atoms with van der Waals surface area (Å²) in [5, 5.41) is 4.26. The zero-order valence-corrected chi connectivity index (χ0v) is 13.4. The van der Waals surface area contributed by atoms with E-state index in [0.717, 1.165) is 15.7 Å². The van der Waals surface area contributed by atoms with E-state index in [1.807, 2.05) is 0 Å². The second-order valence-electron chi connectivity index (χ2n) is 4.47. The summed E-state index contributed by atoms with van der Waals surface area (Å²) in [6.45, 7) is 1.12.